The first kappa shape index (κ1) is 19.0. The second-order valence-electron chi connectivity index (χ2n) is 7.92. The Labute approximate surface area is 167 Å². The minimum Gasteiger partial charge on any atom is -0.370 e. The average Bonchev–Trinajstić information content (AvgIpc) is 3.14. The molecule has 0 spiro atoms. The number of nitrogens with zero attached hydrogens (tertiary/aromatic N) is 4. The van der Waals surface area contributed by atoms with E-state index in [1.165, 1.54) is 24.8 Å². The van der Waals surface area contributed by atoms with E-state index >= 15 is 0 Å². The van der Waals surface area contributed by atoms with Crippen LogP contribution < -0.4 is 5.32 Å². The molecule has 2 fully saturated rings. The molecule has 0 radical (unpaired) electrons. The van der Waals surface area contributed by atoms with Crippen LogP contribution in [0.5, 0.6) is 0 Å². The highest BCUT2D eigenvalue weighted by Crippen LogP contribution is 2.44. The summed E-state index contributed by atoms with van der Waals surface area (Å²) in [4.78, 5) is 7.43. The molecule has 1 aliphatic carbocycles. The number of aromatic nitrogens is 2. The van der Waals surface area contributed by atoms with Gasteiger partial charge in [-0.2, -0.15) is 5.10 Å². The van der Waals surface area contributed by atoms with Crippen LogP contribution in [0.3, 0.4) is 0 Å². The van der Waals surface area contributed by atoms with Crippen molar-refractivity contribution in [2.45, 2.75) is 37.7 Å². The first-order chi connectivity index (χ1) is 13.7. The minimum absolute atomic E-state index is 0.0399. The van der Waals surface area contributed by atoms with Crippen molar-refractivity contribution in [2.24, 2.45) is 12.0 Å². The van der Waals surface area contributed by atoms with Crippen LogP contribution in [0.25, 0.3) is 0 Å². The van der Waals surface area contributed by atoms with Crippen molar-refractivity contribution in [2.75, 3.05) is 32.8 Å². The molecule has 1 atom stereocenters. The van der Waals surface area contributed by atoms with Crippen LogP contribution >= 0.6 is 0 Å². The first-order valence-electron chi connectivity index (χ1n) is 10.4. The van der Waals surface area contributed by atoms with Gasteiger partial charge in [-0.05, 0) is 25.3 Å². The van der Waals surface area contributed by atoms with E-state index in [9.17, 15) is 0 Å². The van der Waals surface area contributed by atoms with Crippen molar-refractivity contribution in [3.63, 3.8) is 0 Å². The van der Waals surface area contributed by atoms with Gasteiger partial charge in [0.15, 0.2) is 5.96 Å². The second-order valence-corrected chi connectivity index (χ2v) is 7.92. The molecule has 1 N–H and O–H groups in total. The fourth-order valence-electron chi connectivity index (χ4n) is 4.24. The molecule has 1 aliphatic heterocycles. The zero-order valence-electron chi connectivity index (χ0n) is 17.0. The van der Waals surface area contributed by atoms with Crippen LogP contribution in [-0.4, -0.2) is 53.4 Å². The molecule has 0 bridgehead atoms. The molecule has 150 valence electrons. The van der Waals surface area contributed by atoms with Crippen molar-refractivity contribution in [1.29, 1.82) is 0 Å². The van der Waals surface area contributed by atoms with Gasteiger partial charge in [-0.15, -0.1) is 0 Å². The topological polar surface area (TPSA) is 54.7 Å². The van der Waals surface area contributed by atoms with Gasteiger partial charge in [0.05, 0.1) is 25.9 Å². The molecular formula is C22H31N5O. The number of ether oxygens (including phenoxy) is 1. The number of aryl methyl sites for hydroxylation is 1. The summed E-state index contributed by atoms with van der Waals surface area (Å²) < 4.78 is 7.84. The van der Waals surface area contributed by atoms with E-state index in [2.05, 4.69) is 52.6 Å². The van der Waals surface area contributed by atoms with E-state index in [1.807, 2.05) is 24.1 Å². The van der Waals surface area contributed by atoms with Gasteiger partial charge in [-0.1, -0.05) is 36.8 Å². The summed E-state index contributed by atoms with van der Waals surface area (Å²) in [6, 6.07) is 10.9. The van der Waals surface area contributed by atoms with Gasteiger partial charge in [0.2, 0.25) is 0 Å². The summed E-state index contributed by atoms with van der Waals surface area (Å²) >= 11 is 0. The Morgan fingerprint density at radius 3 is 2.79 bits per heavy atom. The van der Waals surface area contributed by atoms with Crippen LogP contribution in [0, 0.1) is 0 Å². The zero-order chi connectivity index (χ0) is 19.4. The normalized spacial score (nSPS) is 22.0. The molecule has 1 saturated carbocycles. The van der Waals surface area contributed by atoms with Crippen LogP contribution in [0.2, 0.25) is 0 Å². The van der Waals surface area contributed by atoms with Crippen LogP contribution in [0.1, 0.15) is 43.4 Å². The van der Waals surface area contributed by atoms with E-state index in [1.54, 1.807) is 0 Å². The summed E-state index contributed by atoms with van der Waals surface area (Å²) in [6.45, 7) is 6.20. The quantitative estimate of drug-likeness (QED) is 0.639. The molecule has 1 unspecified atom stereocenters. The molecule has 1 aromatic carbocycles. The predicted molar refractivity (Wildman–Crippen MR) is 111 cm³/mol. The van der Waals surface area contributed by atoms with Gasteiger partial charge in [0, 0.05) is 37.3 Å². The number of hydrogen-bond donors (Lipinski definition) is 1. The summed E-state index contributed by atoms with van der Waals surface area (Å²) in [5.41, 5.74) is 2.76. The van der Waals surface area contributed by atoms with Gasteiger partial charge < -0.3 is 15.0 Å². The molecule has 1 aromatic heterocycles. The highest BCUT2D eigenvalue weighted by Gasteiger charge is 2.38. The van der Waals surface area contributed by atoms with Gasteiger partial charge in [0.25, 0.3) is 0 Å². The van der Waals surface area contributed by atoms with Crippen LogP contribution in [-0.2, 0) is 17.2 Å². The van der Waals surface area contributed by atoms with Crippen LogP contribution in [0.4, 0.5) is 0 Å². The number of guanidine groups is 1. The molecule has 4 rings (SSSR count). The SMILES string of the molecule is CCNC(=NCC1(c2ccccc2)CCC1)N1CCOC(c2cnn(C)c2)C1. The molecular weight excluding hydrogens is 350 g/mol. The number of hydrogen-bond acceptors (Lipinski definition) is 3. The standard InChI is InChI=1S/C22H31N5O/c1-3-23-21(24-17-22(10-7-11-22)19-8-5-4-6-9-19)27-12-13-28-20(16-27)18-14-25-26(2)15-18/h4-6,8-9,14-15,20H,3,7,10-13,16-17H2,1-2H3,(H,23,24). The largest absolute Gasteiger partial charge is 0.370 e. The number of nitrogens with one attached hydrogen (secondary N) is 1. The Balaban J connectivity index is 1.50. The van der Waals surface area contributed by atoms with Gasteiger partial charge in [-0.3, -0.25) is 9.67 Å². The maximum absolute atomic E-state index is 6.01. The third-order valence-electron chi connectivity index (χ3n) is 6.03. The van der Waals surface area contributed by atoms with Crippen molar-refractivity contribution >= 4 is 5.96 Å². The van der Waals surface area contributed by atoms with E-state index < -0.39 is 0 Å². The molecule has 0 amide bonds. The number of rotatable bonds is 5. The second kappa shape index (κ2) is 8.35. The summed E-state index contributed by atoms with van der Waals surface area (Å²) in [5, 5.41) is 7.79. The number of aliphatic imine (C=N–C) groups is 1. The Kier molecular flexibility index (Phi) is 5.67. The van der Waals surface area contributed by atoms with Crippen LogP contribution in [0.15, 0.2) is 47.7 Å². The highest BCUT2D eigenvalue weighted by molar-refractivity contribution is 5.80. The summed E-state index contributed by atoms with van der Waals surface area (Å²) in [5.74, 6) is 1.00. The van der Waals surface area contributed by atoms with Crippen molar-refractivity contribution in [3.05, 3.63) is 53.9 Å². The number of morpholine rings is 1. The average molecular weight is 382 g/mol. The molecule has 2 heterocycles. The van der Waals surface area contributed by atoms with E-state index in [0.29, 0.717) is 6.61 Å². The molecule has 28 heavy (non-hydrogen) atoms. The highest BCUT2D eigenvalue weighted by atomic mass is 16.5. The molecule has 6 nitrogen and oxygen atoms in total. The maximum Gasteiger partial charge on any atom is 0.194 e. The zero-order valence-corrected chi connectivity index (χ0v) is 17.0. The van der Waals surface area contributed by atoms with Crippen molar-refractivity contribution in [3.8, 4) is 0 Å². The lowest BCUT2D eigenvalue weighted by atomic mass is 9.64. The van der Waals surface area contributed by atoms with Gasteiger partial charge >= 0.3 is 0 Å². The van der Waals surface area contributed by atoms with Gasteiger partial charge in [0.1, 0.15) is 6.10 Å². The maximum atomic E-state index is 6.01. The lowest BCUT2D eigenvalue weighted by Gasteiger charge is -2.42. The summed E-state index contributed by atoms with van der Waals surface area (Å²) in [6.07, 6.45) is 7.72. The Morgan fingerprint density at radius 1 is 1.32 bits per heavy atom. The molecule has 2 aliphatic rings. The monoisotopic (exact) mass is 381 g/mol. The third kappa shape index (κ3) is 3.92. The molecule has 6 heteroatoms. The van der Waals surface area contributed by atoms with E-state index in [4.69, 9.17) is 9.73 Å². The number of benzene rings is 1. The Hall–Kier alpha value is -2.34. The fraction of sp³-hybridized carbons (Fsp3) is 0.545. The Bertz CT molecular complexity index is 796. The third-order valence-corrected chi connectivity index (χ3v) is 6.03. The van der Waals surface area contributed by atoms with Gasteiger partial charge in [-0.25, -0.2) is 0 Å². The van der Waals surface area contributed by atoms with Crippen molar-refractivity contribution < 1.29 is 4.74 Å². The molecule has 1 saturated heterocycles. The smallest absolute Gasteiger partial charge is 0.194 e. The summed E-state index contributed by atoms with van der Waals surface area (Å²) in [7, 11) is 1.94. The lowest BCUT2D eigenvalue weighted by Crippen LogP contribution is -2.49. The van der Waals surface area contributed by atoms with E-state index in [0.717, 1.165) is 37.7 Å². The minimum atomic E-state index is 0.0399. The fourth-order valence-corrected chi connectivity index (χ4v) is 4.24. The Morgan fingerprint density at radius 2 is 2.14 bits per heavy atom. The lowest BCUT2D eigenvalue weighted by molar-refractivity contribution is -0.00810. The van der Waals surface area contributed by atoms with Crippen molar-refractivity contribution in [1.82, 2.24) is 20.0 Å². The first-order valence-corrected chi connectivity index (χ1v) is 10.4. The van der Waals surface area contributed by atoms with E-state index in [-0.39, 0.29) is 11.5 Å². The predicted octanol–water partition coefficient (Wildman–Crippen LogP) is 2.88. The molecule has 2 aromatic rings.